The number of aldehydes is 1. The molecule has 5 nitrogen and oxygen atoms in total. The van der Waals surface area contributed by atoms with Crippen LogP contribution in [0.15, 0.2) is 16.7 Å². The minimum absolute atomic E-state index is 0.0322. The number of nitrogens with one attached hydrogen (secondary N) is 1. The summed E-state index contributed by atoms with van der Waals surface area (Å²) in [6.07, 6.45) is 0.869. The van der Waals surface area contributed by atoms with Crippen molar-refractivity contribution in [3.8, 4) is 0 Å². The average Bonchev–Trinajstić information content (AvgIpc) is 2.27. The SMILES string of the molecule is CC(C)(C)OC(=O)NC(C=O)c1cc(Br)cnc1F. The molecule has 1 heterocycles. The standard InChI is InChI=1S/C12H14BrFN2O3/c1-12(2,3)19-11(18)16-9(6-17)8-4-7(13)5-15-10(8)14/h4-6,9H,1-3H3,(H,16,18). The molecule has 0 saturated heterocycles. The molecule has 0 aliphatic carbocycles. The fourth-order valence-electron chi connectivity index (χ4n) is 1.28. The summed E-state index contributed by atoms with van der Waals surface area (Å²) in [5.74, 6) is -0.823. The van der Waals surface area contributed by atoms with E-state index in [4.69, 9.17) is 4.74 Å². The summed E-state index contributed by atoms with van der Waals surface area (Å²) in [5, 5.41) is 2.28. The summed E-state index contributed by atoms with van der Waals surface area (Å²) in [7, 11) is 0. The quantitative estimate of drug-likeness (QED) is 0.682. The zero-order valence-electron chi connectivity index (χ0n) is 10.7. The highest BCUT2D eigenvalue weighted by Gasteiger charge is 2.22. The maximum atomic E-state index is 13.5. The minimum Gasteiger partial charge on any atom is -0.444 e. The molecule has 7 heteroatoms. The molecule has 1 aromatic heterocycles. The Hall–Kier alpha value is -1.50. The first-order chi connectivity index (χ1) is 8.73. The summed E-state index contributed by atoms with van der Waals surface area (Å²) < 4.78 is 19.0. The third-order valence-electron chi connectivity index (χ3n) is 1.98. The Bertz CT molecular complexity index is 488. The zero-order valence-corrected chi connectivity index (χ0v) is 12.3. The minimum atomic E-state index is -1.15. The number of carbonyl (C=O) groups excluding carboxylic acids is 2. The number of halogens is 2. The maximum Gasteiger partial charge on any atom is 0.408 e. The Morgan fingerprint density at radius 3 is 2.74 bits per heavy atom. The van der Waals surface area contributed by atoms with Gasteiger partial charge >= 0.3 is 6.09 Å². The van der Waals surface area contributed by atoms with Crippen molar-refractivity contribution in [2.24, 2.45) is 0 Å². The second kappa shape index (κ2) is 6.10. The molecule has 1 unspecified atom stereocenters. The van der Waals surface area contributed by atoms with Crippen LogP contribution in [-0.4, -0.2) is 23.0 Å². The molecule has 19 heavy (non-hydrogen) atoms. The smallest absolute Gasteiger partial charge is 0.408 e. The van der Waals surface area contributed by atoms with Crippen LogP contribution in [0.1, 0.15) is 32.4 Å². The first-order valence-corrected chi connectivity index (χ1v) is 6.28. The van der Waals surface area contributed by atoms with Gasteiger partial charge in [0.05, 0.1) is 0 Å². The molecule has 1 N–H and O–H groups in total. The topological polar surface area (TPSA) is 68.3 Å². The van der Waals surface area contributed by atoms with Gasteiger partial charge in [-0.3, -0.25) is 0 Å². The molecular weight excluding hydrogens is 319 g/mol. The van der Waals surface area contributed by atoms with E-state index >= 15 is 0 Å². The van der Waals surface area contributed by atoms with Crippen molar-refractivity contribution in [2.45, 2.75) is 32.4 Å². The van der Waals surface area contributed by atoms with Gasteiger partial charge in [0.15, 0.2) is 0 Å². The van der Waals surface area contributed by atoms with Gasteiger partial charge in [0.25, 0.3) is 0 Å². The van der Waals surface area contributed by atoms with Crippen LogP contribution in [0, 0.1) is 5.95 Å². The van der Waals surface area contributed by atoms with Crippen LogP contribution in [0.25, 0.3) is 0 Å². The van der Waals surface area contributed by atoms with Gasteiger partial charge in [-0.1, -0.05) is 0 Å². The molecule has 0 fully saturated rings. The van der Waals surface area contributed by atoms with E-state index in [1.165, 1.54) is 12.3 Å². The van der Waals surface area contributed by atoms with Crippen LogP contribution >= 0.6 is 15.9 Å². The molecule has 1 aromatic rings. The number of rotatable bonds is 3. The van der Waals surface area contributed by atoms with Crippen molar-refractivity contribution < 1.29 is 18.7 Å². The number of amides is 1. The molecule has 0 aliphatic heterocycles. The Morgan fingerprint density at radius 1 is 1.58 bits per heavy atom. The fourth-order valence-corrected chi connectivity index (χ4v) is 1.62. The molecule has 1 amide bonds. The van der Waals surface area contributed by atoms with Gasteiger partial charge in [-0.15, -0.1) is 0 Å². The largest absolute Gasteiger partial charge is 0.444 e. The van der Waals surface area contributed by atoms with Gasteiger partial charge in [0, 0.05) is 16.2 Å². The molecule has 0 aromatic carbocycles. The van der Waals surface area contributed by atoms with Crippen molar-refractivity contribution in [2.75, 3.05) is 0 Å². The average molecular weight is 333 g/mol. The number of nitrogens with zero attached hydrogens (tertiary/aromatic N) is 1. The third kappa shape index (κ3) is 4.94. The van der Waals surface area contributed by atoms with Crippen LogP contribution < -0.4 is 5.32 Å². The van der Waals surface area contributed by atoms with Gasteiger partial charge in [-0.2, -0.15) is 4.39 Å². The van der Waals surface area contributed by atoms with E-state index in [2.05, 4.69) is 26.2 Å². The number of aromatic nitrogens is 1. The first-order valence-electron chi connectivity index (χ1n) is 5.48. The summed E-state index contributed by atoms with van der Waals surface area (Å²) in [4.78, 5) is 26.0. The first kappa shape index (κ1) is 15.6. The van der Waals surface area contributed by atoms with Crippen LogP contribution in [0.3, 0.4) is 0 Å². The summed E-state index contributed by atoms with van der Waals surface area (Å²) in [5.41, 5.74) is -0.735. The zero-order chi connectivity index (χ0) is 14.6. The van der Waals surface area contributed by atoms with E-state index in [0.29, 0.717) is 10.8 Å². The van der Waals surface area contributed by atoms with Crippen LogP contribution in [0.4, 0.5) is 9.18 Å². The maximum absolute atomic E-state index is 13.5. The summed E-state index contributed by atoms with van der Waals surface area (Å²) >= 11 is 3.12. The number of carbonyl (C=O) groups is 2. The van der Waals surface area contributed by atoms with E-state index in [-0.39, 0.29) is 5.56 Å². The lowest BCUT2D eigenvalue weighted by Gasteiger charge is -2.21. The second-order valence-corrected chi connectivity index (χ2v) is 5.71. The van der Waals surface area contributed by atoms with Crippen molar-refractivity contribution in [3.05, 3.63) is 28.2 Å². The molecule has 1 rings (SSSR count). The number of alkyl carbamates (subject to hydrolysis) is 1. The predicted molar refractivity (Wildman–Crippen MR) is 70.1 cm³/mol. The number of pyridine rings is 1. The van der Waals surface area contributed by atoms with E-state index < -0.39 is 23.7 Å². The van der Waals surface area contributed by atoms with Crippen molar-refractivity contribution in [1.82, 2.24) is 10.3 Å². The highest BCUT2D eigenvalue weighted by atomic mass is 79.9. The molecule has 0 aliphatic rings. The third-order valence-corrected chi connectivity index (χ3v) is 2.41. The van der Waals surface area contributed by atoms with E-state index in [1.807, 2.05) is 0 Å². The van der Waals surface area contributed by atoms with E-state index in [1.54, 1.807) is 20.8 Å². The lowest BCUT2D eigenvalue weighted by Crippen LogP contribution is -2.36. The molecule has 0 radical (unpaired) electrons. The number of hydrogen-bond donors (Lipinski definition) is 1. The van der Waals surface area contributed by atoms with Crippen molar-refractivity contribution >= 4 is 28.3 Å². The van der Waals surface area contributed by atoms with Crippen LogP contribution in [-0.2, 0) is 9.53 Å². The molecule has 0 bridgehead atoms. The van der Waals surface area contributed by atoms with Crippen LogP contribution in [0.5, 0.6) is 0 Å². The molecule has 1 atom stereocenters. The van der Waals surface area contributed by atoms with Gasteiger partial charge in [-0.25, -0.2) is 9.78 Å². The molecule has 0 saturated carbocycles. The lowest BCUT2D eigenvalue weighted by atomic mass is 10.1. The Morgan fingerprint density at radius 2 is 2.21 bits per heavy atom. The molecule has 104 valence electrons. The van der Waals surface area contributed by atoms with Gasteiger partial charge in [0.2, 0.25) is 5.95 Å². The summed E-state index contributed by atoms with van der Waals surface area (Å²) in [6, 6.07) is 0.221. The Balaban J connectivity index is 2.87. The highest BCUT2D eigenvalue weighted by molar-refractivity contribution is 9.10. The monoisotopic (exact) mass is 332 g/mol. The van der Waals surface area contributed by atoms with Gasteiger partial charge < -0.3 is 14.8 Å². The number of ether oxygens (including phenoxy) is 1. The van der Waals surface area contributed by atoms with E-state index in [0.717, 1.165) is 0 Å². The molecular formula is C12H14BrFN2O3. The van der Waals surface area contributed by atoms with Crippen LogP contribution in [0.2, 0.25) is 0 Å². The number of hydrogen-bond acceptors (Lipinski definition) is 4. The van der Waals surface area contributed by atoms with E-state index in [9.17, 15) is 14.0 Å². The predicted octanol–water partition coefficient (Wildman–Crippen LogP) is 2.75. The molecule has 0 spiro atoms. The Kier molecular flexibility index (Phi) is 4.99. The normalized spacial score (nSPS) is 12.7. The highest BCUT2D eigenvalue weighted by Crippen LogP contribution is 2.19. The van der Waals surface area contributed by atoms with Gasteiger partial charge in [-0.05, 0) is 42.8 Å². The fraction of sp³-hybridized carbons (Fsp3) is 0.417. The van der Waals surface area contributed by atoms with Crippen molar-refractivity contribution in [1.29, 1.82) is 0 Å². The van der Waals surface area contributed by atoms with Crippen molar-refractivity contribution in [3.63, 3.8) is 0 Å². The second-order valence-electron chi connectivity index (χ2n) is 4.79. The summed E-state index contributed by atoms with van der Waals surface area (Å²) in [6.45, 7) is 5.05. The lowest BCUT2D eigenvalue weighted by molar-refractivity contribution is -0.109. The van der Waals surface area contributed by atoms with Gasteiger partial charge in [0.1, 0.15) is 17.9 Å². The Labute approximate surface area is 118 Å².